The number of phenols is 1. The Kier molecular flexibility index (Phi) is 8.93. The number of aryl methyl sites for hydroxylation is 1. The van der Waals surface area contributed by atoms with Gasteiger partial charge in [0.05, 0.1) is 11.0 Å². The van der Waals surface area contributed by atoms with E-state index >= 15 is 0 Å². The molecule has 3 nitrogen and oxygen atoms in total. The molecule has 1 aliphatic carbocycles. The Morgan fingerprint density at radius 3 is 2.00 bits per heavy atom. The van der Waals surface area contributed by atoms with E-state index in [4.69, 9.17) is 0 Å². The van der Waals surface area contributed by atoms with Crippen LogP contribution in [-0.4, -0.2) is 9.67 Å². The first-order valence-corrected chi connectivity index (χ1v) is 18.1. The molecular weight excluding hydrogens is 633 g/mol. The molecule has 0 spiro atoms. The van der Waals surface area contributed by atoms with E-state index in [0.717, 1.165) is 57.1 Å². The maximum atomic E-state index is 10.5. The van der Waals surface area contributed by atoms with Crippen LogP contribution in [0.5, 0.6) is 5.75 Å². The number of phenolic OH excluding ortho intramolecular Hbond substituents is 1. The van der Waals surface area contributed by atoms with Crippen LogP contribution in [0, 0.1) is 6.92 Å². The van der Waals surface area contributed by atoms with Crippen molar-refractivity contribution >= 4 is 44.3 Å². The maximum Gasteiger partial charge on any atom is 0.116 e. The standard InChI is InChI=1S/C49H42N2O/c1-4-12-35(5-2)37-17-23-42(24-18-37)50(43-25-19-38(20-26-43)36-13-8-6-9-14-36)47-28-21-39(31-34(47)3)40-22-29-48-45(32-40)46-33-44(52)27-30-49(46)51(48)41-15-10-7-11-16-41/h4-19,21-25,27-33,52H,20,26H2,1-3H3/b12-4-,35-5+. The fourth-order valence-electron chi connectivity index (χ4n) is 7.64. The average Bonchev–Trinajstić information content (AvgIpc) is 3.51. The minimum Gasteiger partial charge on any atom is -0.508 e. The summed E-state index contributed by atoms with van der Waals surface area (Å²) < 4.78 is 2.28. The van der Waals surface area contributed by atoms with E-state index in [1.807, 2.05) is 18.2 Å². The number of aromatic nitrogens is 1. The molecular formula is C49H42N2O. The number of fused-ring (bicyclic) bond motifs is 3. The molecule has 0 saturated carbocycles. The van der Waals surface area contributed by atoms with Crippen molar-refractivity contribution in [2.75, 3.05) is 4.90 Å². The third-order valence-electron chi connectivity index (χ3n) is 10.2. The first kappa shape index (κ1) is 32.9. The Bertz CT molecular complexity index is 2530. The van der Waals surface area contributed by atoms with Crippen LogP contribution in [0.2, 0.25) is 0 Å². The number of hydrogen-bond acceptors (Lipinski definition) is 2. The van der Waals surface area contributed by atoms with Crippen molar-refractivity contribution in [1.29, 1.82) is 0 Å². The number of hydrogen-bond donors (Lipinski definition) is 1. The molecule has 0 aliphatic heterocycles. The number of benzene rings is 6. The first-order chi connectivity index (χ1) is 25.5. The van der Waals surface area contributed by atoms with Crippen molar-refractivity contribution in [2.24, 2.45) is 0 Å². The lowest BCUT2D eigenvalue weighted by molar-refractivity contribution is 0.476. The highest BCUT2D eigenvalue weighted by molar-refractivity contribution is 6.11. The number of aromatic hydroxyl groups is 1. The van der Waals surface area contributed by atoms with Gasteiger partial charge in [0.2, 0.25) is 0 Å². The molecule has 0 atom stereocenters. The molecule has 1 aliphatic rings. The topological polar surface area (TPSA) is 28.4 Å². The molecule has 7 aromatic rings. The number of nitrogens with zero attached hydrogens (tertiary/aromatic N) is 2. The highest BCUT2D eigenvalue weighted by Gasteiger charge is 2.21. The molecule has 0 unspecified atom stereocenters. The minimum atomic E-state index is 0.268. The summed E-state index contributed by atoms with van der Waals surface area (Å²) >= 11 is 0. The van der Waals surface area contributed by atoms with Gasteiger partial charge < -0.3 is 14.6 Å². The van der Waals surface area contributed by atoms with Gasteiger partial charge in [-0.1, -0.05) is 97.1 Å². The molecule has 1 heterocycles. The molecule has 0 saturated heterocycles. The number of rotatable bonds is 8. The normalized spacial score (nSPS) is 13.5. The van der Waals surface area contributed by atoms with Crippen LogP contribution < -0.4 is 4.90 Å². The third-order valence-corrected chi connectivity index (χ3v) is 10.2. The van der Waals surface area contributed by atoms with Crippen LogP contribution in [0.1, 0.15) is 43.4 Å². The van der Waals surface area contributed by atoms with Gasteiger partial charge in [0.25, 0.3) is 0 Å². The summed E-state index contributed by atoms with van der Waals surface area (Å²) in [7, 11) is 0. The zero-order valence-electron chi connectivity index (χ0n) is 29.9. The van der Waals surface area contributed by atoms with Crippen LogP contribution in [0.25, 0.3) is 49.8 Å². The van der Waals surface area contributed by atoms with Gasteiger partial charge in [0.15, 0.2) is 0 Å². The number of allylic oxidation sites excluding steroid dienone is 8. The van der Waals surface area contributed by atoms with Crippen LogP contribution in [0.15, 0.2) is 176 Å². The fraction of sp³-hybridized carbons (Fsp3) is 0.102. The van der Waals surface area contributed by atoms with E-state index < -0.39 is 0 Å². The second kappa shape index (κ2) is 14.1. The zero-order chi connectivity index (χ0) is 35.6. The maximum absolute atomic E-state index is 10.5. The van der Waals surface area contributed by atoms with Crippen LogP contribution in [0.4, 0.5) is 11.4 Å². The molecule has 1 aromatic heterocycles. The zero-order valence-corrected chi connectivity index (χ0v) is 29.9. The quantitative estimate of drug-likeness (QED) is 0.163. The van der Waals surface area contributed by atoms with Gasteiger partial charge in [0.1, 0.15) is 5.75 Å². The highest BCUT2D eigenvalue weighted by Crippen LogP contribution is 2.41. The van der Waals surface area contributed by atoms with Gasteiger partial charge >= 0.3 is 0 Å². The summed E-state index contributed by atoms with van der Waals surface area (Å²) in [6.45, 7) is 6.37. The summed E-state index contributed by atoms with van der Waals surface area (Å²) in [6.07, 6.45) is 12.9. The predicted octanol–water partition coefficient (Wildman–Crippen LogP) is 13.3. The second-order valence-corrected chi connectivity index (χ2v) is 13.4. The molecule has 6 aromatic carbocycles. The average molecular weight is 675 g/mol. The lowest BCUT2D eigenvalue weighted by atomic mass is 9.94. The van der Waals surface area contributed by atoms with Gasteiger partial charge in [0, 0.05) is 33.5 Å². The van der Waals surface area contributed by atoms with E-state index in [-0.39, 0.29) is 5.75 Å². The highest BCUT2D eigenvalue weighted by atomic mass is 16.3. The SMILES string of the molecule is C/C=C\C(=C/C)c1ccc(N(C2=CC=C(c3ccccc3)CC2)c2ccc(-c3ccc4c(c3)c3cc(O)ccc3n4-c3ccccc3)cc2C)cc1. The van der Waals surface area contributed by atoms with Crippen molar-refractivity contribution in [3.63, 3.8) is 0 Å². The minimum absolute atomic E-state index is 0.268. The van der Waals surface area contributed by atoms with Crippen molar-refractivity contribution in [2.45, 2.75) is 33.6 Å². The smallest absolute Gasteiger partial charge is 0.116 e. The van der Waals surface area contributed by atoms with Gasteiger partial charge in [-0.3, -0.25) is 0 Å². The largest absolute Gasteiger partial charge is 0.508 e. The summed E-state index contributed by atoms with van der Waals surface area (Å²) in [5.74, 6) is 0.268. The van der Waals surface area contributed by atoms with E-state index in [1.54, 1.807) is 6.07 Å². The molecule has 0 fully saturated rings. The Hall–Kier alpha value is -6.32. The number of anilines is 2. The van der Waals surface area contributed by atoms with Crippen molar-refractivity contribution in [3.05, 3.63) is 192 Å². The van der Waals surface area contributed by atoms with Gasteiger partial charge in [-0.2, -0.15) is 0 Å². The Balaban J connectivity index is 1.21. The van der Waals surface area contributed by atoms with Crippen molar-refractivity contribution < 1.29 is 5.11 Å². The predicted molar refractivity (Wildman–Crippen MR) is 221 cm³/mol. The molecule has 3 heteroatoms. The van der Waals surface area contributed by atoms with Crippen molar-refractivity contribution in [3.8, 4) is 22.6 Å². The molecule has 52 heavy (non-hydrogen) atoms. The van der Waals surface area contributed by atoms with E-state index in [2.05, 4.69) is 176 Å². The van der Waals surface area contributed by atoms with Gasteiger partial charge in [-0.25, -0.2) is 0 Å². The summed E-state index contributed by atoms with van der Waals surface area (Å²) in [4.78, 5) is 2.44. The summed E-state index contributed by atoms with van der Waals surface area (Å²) in [5.41, 5.74) is 15.5. The number of para-hydroxylation sites is 1. The van der Waals surface area contributed by atoms with E-state index in [9.17, 15) is 5.11 Å². The van der Waals surface area contributed by atoms with Crippen LogP contribution >= 0.6 is 0 Å². The lowest BCUT2D eigenvalue weighted by Gasteiger charge is -2.31. The fourth-order valence-corrected chi connectivity index (χ4v) is 7.64. The molecule has 0 bridgehead atoms. The Morgan fingerprint density at radius 2 is 1.33 bits per heavy atom. The Labute approximate surface area is 306 Å². The first-order valence-electron chi connectivity index (χ1n) is 18.1. The van der Waals surface area contributed by atoms with Crippen LogP contribution in [0.3, 0.4) is 0 Å². The lowest BCUT2D eigenvalue weighted by Crippen LogP contribution is -2.19. The second-order valence-electron chi connectivity index (χ2n) is 13.4. The van der Waals surface area contributed by atoms with Crippen LogP contribution in [-0.2, 0) is 0 Å². The van der Waals surface area contributed by atoms with Crippen molar-refractivity contribution in [1.82, 2.24) is 4.57 Å². The van der Waals surface area contributed by atoms with E-state index in [0.29, 0.717) is 0 Å². The molecule has 0 amide bonds. The third kappa shape index (κ3) is 6.16. The molecule has 0 radical (unpaired) electrons. The molecule has 254 valence electrons. The van der Waals surface area contributed by atoms with Gasteiger partial charge in [-0.05, 0) is 145 Å². The summed E-state index contributed by atoms with van der Waals surface area (Å²) in [6, 6.07) is 49.3. The monoisotopic (exact) mass is 674 g/mol. The molecule has 1 N–H and O–H groups in total. The Morgan fingerprint density at radius 1 is 0.654 bits per heavy atom. The van der Waals surface area contributed by atoms with Gasteiger partial charge in [-0.15, -0.1) is 0 Å². The summed E-state index contributed by atoms with van der Waals surface area (Å²) in [5, 5.41) is 12.6. The molecule has 8 rings (SSSR count). The van der Waals surface area contributed by atoms with E-state index in [1.165, 1.54) is 39.2 Å².